The molecule has 6 nitrogen and oxygen atoms in total. The number of para-hydroxylation sites is 1. The second-order valence-corrected chi connectivity index (χ2v) is 6.51. The number of hydrogen-bond donors (Lipinski definition) is 2. The van der Waals surface area contributed by atoms with Crippen LogP contribution in [0, 0.1) is 0 Å². The first-order valence-electron chi connectivity index (χ1n) is 8.85. The number of ether oxygens (including phenoxy) is 1. The van der Waals surface area contributed by atoms with Gasteiger partial charge in [-0.25, -0.2) is 4.79 Å². The average molecular weight is 373 g/mol. The second kappa shape index (κ2) is 7.08. The Balaban J connectivity index is 1.52. The number of aromatic nitrogens is 1. The number of esters is 1. The van der Waals surface area contributed by atoms with Gasteiger partial charge in [-0.1, -0.05) is 18.2 Å². The smallest absolute Gasteiger partial charge is 0.323 e. The molecule has 0 unspecified atom stereocenters. The molecule has 0 bridgehead atoms. The van der Waals surface area contributed by atoms with Gasteiger partial charge in [0.15, 0.2) is 0 Å². The maximum absolute atomic E-state index is 12.3. The molecule has 4 rings (SSSR count). The van der Waals surface area contributed by atoms with E-state index in [1.165, 1.54) is 6.92 Å². The lowest BCUT2D eigenvalue weighted by Crippen LogP contribution is -2.19. The molecule has 3 aromatic carbocycles. The summed E-state index contributed by atoms with van der Waals surface area (Å²) < 4.78 is 7.12. The fourth-order valence-corrected chi connectivity index (χ4v) is 3.31. The van der Waals surface area contributed by atoms with Crippen molar-refractivity contribution in [2.45, 2.75) is 6.92 Å². The number of fused-ring (bicyclic) bond motifs is 3. The average Bonchev–Trinajstić information content (AvgIpc) is 2.95. The van der Waals surface area contributed by atoms with Crippen LogP contribution < -0.4 is 15.4 Å². The third kappa shape index (κ3) is 3.40. The van der Waals surface area contributed by atoms with Gasteiger partial charge in [0.1, 0.15) is 5.75 Å². The first kappa shape index (κ1) is 17.6. The topological polar surface area (TPSA) is 72.4 Å². The normalized spacial score (nSPS) is 10.8. The molecular formula is C22H19N3O3. The van der Waals surface area contributed by atoms with Crippen molar-refractivity contribution in [2.75, 3.05) is 10.6 Å². The van der Waals surface area contributed by atoms with Crippen molar-refractivity contribution in [3.8, 4) is 5.75 Å². The number of carbonyl (C=O) groups is 2. The van der Waals surface area contributed by atoms with E-state index in [1.807, 2.05) is 37.4 Å². The predicted molar refractivity (Wildman–Crippen MR) is 111 cm³/mol. The number of rotatable bonds is 3. The van der Waals surface area contributed by atoms with Gasteiger partial charge in [-0.15, -0.1) is 0 Å². The van der Waals surface area contributed by atoms with E-state index in [-0.39, 0.29) is 12.0 Å². The van der Waals surface area contributed by atoms with Crippen molar-refractivity contribution in [3.63, 3.8) is 0 Å². The van der Waals surface area contributed by atoms with Gasteiger partial charge in [-0.3, -0.25) is 4.79 Å². The number of nitrogens with one attached hydrogen (secondary N) is 2. The standard InChI is InChI=1S/C22H19N3O3/c1-14(26)28-17-10-7-15(8-11-17)23-22(27)24-16-9-12-21-19(13-16)18-5-3-4-6-20(18)25(21)2/h3-13H,1-2H3,(H2,23,24,27). The Labute approximate surface area is 161 Å². The molecule has 0 atom stereocenters. The molecule has 4 aromatic rings. The van der Waals surface area contributed by atoms with E-state index in [9.17, 15) is 9.59 Å². The van der Waals surface area contributed by atoms with E-state index in [2.05, 4.69) is 27.3 Å². The lowest BCUT2D eigenvalue weighted by atomic mass is 10.1. The van der Waals surface area contributed by atoms with E-state index in [4.69, 9.17) is 4.74 Å². The van der Waals surface area contributed by atoms with Gasteiger partial charge >= 0.3 is 12.0 Å². The second-order valence-electron chi connectivity index (χ2n) is 6.51. The molecule has 6 heteroatoms. The molecule has 0 saturated heterocycles. The highest BCUT2D eigenvalue weighted by Crippen LogP contribution is 2.30. The van der Waals surface area contributed by atoms with Crippen LogP contribution in [0.5, 0.6) is 5.75 Å². The van der Waals surface area contributed by atoms with Gasteiger partial charge in [0.05, 0.1) is 0 Å². The summed E-state index contributed by atoms with van der Waals surface area (Å²) in [5.74, 6) is 0.0437. The van der Waals surface area contributed by atoms with Crippen LogP contribution in [-0.2, 0) is 11.8 Å². The minimum Gasteiger partial charge on any atom is -0.427 e. The summed E-state index contributed by atoms with van der Waals surface area (Å²) in [5, 5.41) is 7.85. The van der Waals surface area contributed by atoms with E-state index in [1.54, 1.807) is 24.3 Å². The molecule has 0 radical (unpaired) electrons. The molecule has 2 N–H and O–H groups in total. The Morgan fingerprint density at radius 2 is 1.46 bits per heavy atom. The summed E-state index contributed by atoms with van der Waals surface area (Å²) in [6.45, 7) is 1.34. The summed E-state index contributed by atoms with van der Waals surface area (Å²) in [6, 6.07) is 20.3. The monoisotopic (exact) mass is 373 g/mol. The number of aryl methyl sites for hydroxylation is 1. The van der Waals surface area contributed by atoms with Gasteiger partial charge in [0.2, 0.25) is 0 Å². The lowest BCUT2D eigenvalue weighted by Gasteiger charge is -2.09. The van der Waals surface area contributed by atoms with Crippen LogP contribution in [0.15, 0.2) is 66.7 Å². The van der Waals surface area contributed by atoms with Crippen LogP contribution in [0.2, 0.25) is 0 Å². The van der Waals surface area contributed by atoms with Crippen molar-refractivity contribution in [3.05, 3.63) is 66.7 Å². The maximum Gasteiger partial charge on any atom is 0.323 e. The van der Waals surface area contributed by atoms with Gasteiger partial charge in [0.25, 0.3) is 0 Å². The highest BCUT2D eigenvalue weighted by atomic mass is 16.5. The molecule has 0 fully saturated rings. The quantitative estimate of drug-likeness (QED) is 0.396. The number of carbonyl (C=O) groups excluding carboxylic acids is 2. The molecule has 0 aliphatic heterocycles. The Morgan fingerprint density at radius 1 is 0.821 bits per heavy atom. The van der Waals surface area contributed by atoms with Crippen molar-refractivity contribution < 1.29 is 14.3 Å². The Kier molecular flexibility index (Phi) is 4.45. The summed E-state index contributed by atoms with van der Waals surface area (Å²) in [6.07, 6.45) is 0. The van der Waals surface area contributed by atoms with Crippen molar-refractivity contribution in [1.82, 2.24) is 4.57 Å². The zero-order valence-corrected chi connectivity index (χ0v) is 15.5. The first-order chi connectivity index (χ1) is 13.5. The molecular weight excluding hydrogens is 354 g/mol. The molecule has 0 aliphatic carbocycles. The van der Waals surface area contributed by atoms with E-state index < -0.39 is 0 Å². The fraction of sp³-hybridized carbons (Fsp3) is 0.0909. The van der Waals surface area contributed by atoms with E-state index in [0.29, 0.717) is 17.1 Å². The zero-order valence-electron chi connectivity index (χ0n) is 15.5. The van der Waals surface area contributed by atoms with Crippen molar-refractivity contribution in [2.24, 2.45) is 7.05 Å². The molecule has 2 amide bonds. The zero-order chi connectivity index (χ0) is 19.7. The fourth-order valence-electron chi connectivity index (χ4n) is 3.31. The summed E-state index contributed by atoms with van der Waals surface area (Å²) >= 11 is 0. The summed E-state index contributed by atoms with van der Waals surface area (Å²) in [7, 11) is 2.03. The molecule has 28 heavy (non-hydrogen) atoms. The number of urea groups is 1. The van der Waals surface area contributed by atoms with Gasteiger partial charge < -0.3 is 19.9 Å². The van der Waals surface area contributed by atoms with Gasteiger partial charge in [-0.2, -0.15) is 0 Å². The Bertz CT molecular complexity index is 1190. The molecule has 140 valence electrons. The molecule has 0 spiro atoms. The predicted octanol–water partition coefficient (Wildman–Crippen LogP) is 4.90. The third-order valence-electron chi connectivity index (χ3n) is 4.55. The number of amides is 2. The van der Waals surface area contributed by atoms with Crippen LogP contribution in [-0.4, -0.2) is 16.6 Å². The Hall–Kier alpha value is -3.80. The van der Waals surface area contributed by atoms with Crippen LogP contribution >= 0.6 is 0 Å². The third-order valence-corrected chi connectivity index (χ3v) is 4.55. The summed E-state index contributed by atoms with van der Waals surface area (Å²) in [5.41, 5.74) is 3.55. The molecule has 0 aliphatic rings. The molecule has 1 aromatic heterocycles. The number of benzene rings is 3. The molecule has 1 heterocycles. The van der Waals surface area contributed by atoms with E-state index in [0.717, 1.165) is 21.8 Å². The van der Waals surface area contributed by atoms with Crippen molar-refractivity contribution >= 4 is 45.2 Å². The summed E-state index contributed by atoms with van der Waals surface area (Å²) in [4.78, 5) is 23.3. The van der Waals surface area contributed by atoms with Crippen LogP contribution in [0.4, 0.5) is 16.2 Å². The molecule has 0 saturated carbocycles. The maximum atomic E-state index is 12.3. The van der Waals surface area contributed by atoms with Gasteiger partial charge in [-0.05, 0) is 48.5 Å². The largest absolute Gasteiger partial charge is 0.427 e. The minimum atomic E-state index is -0.387. The minimum absolute atomic E-state index is 0.347. The first-order valence-corrected chi connectivity index (χ1v) is 8.85. The van der Waals surface area contributed by atoms with Crippen LogP contribution in [0.3, 0.4) is 0 Å². The highest BCUT2D eigenvalue weighted by Gasteiger charge is 2.10. The van der Waals surface area contributed by atoms with Gasteiger partial charge in [0, 0.05) is 47.2 Å². The highest BCUT2D eigenvalue weighted by molar-refractivity contribution is 6.10. The van der Waals surface area contributed by atoms with Crippen molar-refractivity contribution in [1.29, 1.82) is 0 Å². The Morgan fingerprint density at radius 3 is 2.21 bits per heavy atom. The SMILES string of the molecule is CC(=O)Oc1ccc(NC(=O)Nc2ccc3c(c2)c2ccccc2n3C)cc1. The van der Waals surface area contributed by atoms with Crippen LogP contribution in [0.25, 0.3) is 21.8 Å². The van der Waals surface area contributed by atoms with Crippen LogP contribution in [0.1, 0.15) is 6.92 Å². The number of nitrogens with zero attached hydrogens (tertiary/aromatic N) is 1. The number of hydrogen-bond acceptors (Lipinski definition) is 3. The number of anilines is 2. The lowest BCUT2D eigenvalue weighted by molar-refractivity contribution is -0.131. The van der Waals surface area contributed by atoms with E-state index >= 15 is 0 Å².